The largest absolute Gasteiger partial charge is 0.479 e. The number of nitrogens with zero attached hydrogens (tertiary/aromatic N) is 2. The van der Waals surface area contributed by atoms with Gasteiger partial charge in [-0.15, -0.1) is 0 Å². The Labute approximate surface area is 175 Å². The van der Waals surface area contributed by atoms with Crippen LogP contribution in [0.5, 0.6) is 5.75 Å². The van der Waals surface area contributed by atoms with Crippen molar-refractivity contribution in [3.63, 3.8) is 0 Å². The Hall–Kier alpha value is -2.05. The number of halogens is 1. The van der Waals surface area contributed by atoms with Gasteiger partial charge in [0.05, 0.1) is 5.02 Å². The average Bonchev–Trinajstić information content (AvgIpc) is 3.52. The normalized spacial score (nSPS) is 18.8. The summed E-state index contributed by atoms with van der Waals surface area (Å²) in [5, 5.41) is 1.16. The number of benzene rings is 1. The highest BCUT2D eigenvalue weighted by Gasteiger charge is 2.30. The van der Waals surface area contributed by atoms with E-state index in [0.29, 0.717) is 21.9 Å². The SMILES string of the molecule is Cc1c(C)c2cc(Cl)c(OC(C)C(=O)N3CCN(CC4CC4)CC3)cc2oc1=O. The van der Waals surface area contributed by atoms with Crippen LogP contribution in [0.2, 0.25) is 5.02 Å². The van der Waals surface area contributed by atoms with E-state index in [2.05, 4.69) is 4.90 Å². The molecule has 1 atom stereocenters. The van der Waals surface area contributed by atoms with Gasteiger partial charge in [-0.3, -0.25) is 9.69 Å². The molecule has 1 saturated heterocycles. The minimum absolute atomic E-state index is 0.0474. The standard InChI is InChI=1S/C22H27ClN2O4/c1-13-14(2)22(27)29-19-11-20(18(23)10-17(13)19)28-15(3)21(26)25-8-6-24(7-9-25)12-16-4-5-16/h10-11,15-16H,4-9,12H2,1-3H3. The number of rotatable bonds is 5. The molecule has 0 spiro atoms. The molecule has 4 rings (SSSR count). The van der Waals surface area contributed by atoms with Crippen molar-refractivity contribution in [2.45, 2.75) is 39.7 Å². The van der Waals surface area contributed by atoms with Gasteiger partial charge in [-0.25, -0.2) is 4.79 Å². The first-order chi connectivity index (χ1) is 13.8. The number of aryl methyl sites for hydroxylation is 1. The molecular weight excluding hydrogens is 392 g/mol. The number of hydrogen-bond acceptors (Lipinski definition) is 5. The number of fused-ring (bicyclic) bond motifs is 1. The third kappa shape index (κ3) is 4.28. The third-order valence-electron chi connectivity index (χ3n) is 6.06. The molecule has 0 N–H and O–H groups in total. The molecule has 0 radical (unpaired) electrons. The lowest BCUT2D eigenvalue weighted by Gasteiger charge is -2.36. The van der Waals surface area contributed by atoms with Gasteiger partial charge in [-0.1, -0.05) is 11.6 Å². The Morgan fingerprint density at radius 1 is 1.21 bits per heavy atom. The maximum atomic E-state index is 12.8. The van der Waals surface area contributed by atoms with E-state index in [1.165, 1.54) is 12.8 Å². The van der Waals surface area contributed by atoms with Crippen molar-refractivity contribution in [1.82, 2.24) is 9.80 Å². The van der Waals surface area contributed by atoms with Gasteiger partial charge in [0, 0.05) is 49.7 Å². The molecule has 1 unspecified atom stereocenters. The van der Waals surface area contributed by atoms with Gasteiger partial charge in [0.25, 0.3) is 5.91 Å². The van der Waals surface area contributed by atoms with Gasteiger partial charge >= 0.3 is 5.63 Å². The van der Waals surface area contributed by atoms with Crippen LogP contribution >= 0.6 is 11.6 Å². The molecule has 2 fully saturated rings. The quantitative estimate of drug-likeness (QED) is 0.696. The van der Waals surface area contributed by atoms with E-state index in [1.54, 1.807) is 26.0 Å². The molecule has 1 aliphatic heterocycles. The summed E-state index contributed by atoms with van der Waals surface area (Å²) in [6, 6.07) is 3.33. The average molecular weight is 419 g/mol. The lowest BCUT2D eigenvalue weighted by molar-refractivity contribution is -0.139. The fourth-order valence-electron chi connectivity index (χ4n) is 3.85. The first-order valence-electron chi connectivity index (χ1n) is 10.2. The minimum atomic E-state index is -0.668. The van der Waals surface area contributed by atoms with Gasteiger partial charge in [0.2, 0.25) is 0 Å². The van der Waals surface area contributed by atoms with Crippen molar-refractivity contribution in [1.29, 1.82) is 0 Å². The zero-order chi connectivity index (χ0) is 20.7. The Kier molecular flexibility index (Phi) is 5.58. The Balaban J connectivity index is 1.44. The highest BCUT2D eigenvalue weighted by Crippen LogP contribution is 2.33. The molecule has 2 heterocycles. The van der Waals surface area contributed by atoms with E-state index < -0.39 is 6.10 Å². The van der Waals surface area contributed by atoms with Gasteiger partial charge in [-0.05, 0) is 51.2 Å². The second-order valence-electron chi connectivity index (χ2n) is 8.25. The zero-order valence-electron chi connectivity index (χ0n) is 17.2. The molecule has 0 bridgehead atoms. The molecule has 6 nitrogen and oxygen atoms in total. The molecule has 1 aliphatic carbocycles. The monoisotopic (exact) mass is 418 g/mol. The molecule has 1 amide bonds. The van der Waals surface area contributed by atoms with Crippen LogP contribution in [0.1, 0.15) is 30.9 Å². The molecular formula is C22H27ClN2O4. The second-order valence-corrected chi connectivity index (χ2v) is 8.65. The van der Waals surface area contributed by atoms with E-state index >= 15 is 0 Å². The third-order valence-corrected chi connectivity index (χ3v) is 6.35. The first-order valence-corrected chi connectivity index (χ1v) is 10.6. The van der Waals surface area contributed by atoms with Gasteiger partial charge < -0.3 is 14.1 Å². The Morgan fingerprint density at radius 2 is 1.90 bits per heavy atom. The molecule has 156 valence electrons. The molecule has 29 heavy (non-hydrogen) atoms. The van der Waals surface area contributed by atoms with E-state index in [-0.39, 0.29) is 11.5 Å². The van der Waals surface area contributed by atoms with Gasteiger partial charge in [0.1, 0.15) is 11.3 Å². The van der Waals surface area contributed by atoms with Crippen molar-refractivity contribution in [3.05, 3.63) is 38.7 Å². The maximum Gasteiger partial charge on any atom is 0.339 e. The lowest BCUT2D eigenvalue weighted by atomic mass is 10.1. The summed E-state index contributed by atoms with van der Waals surface area (Å²) in [5.74, 6) is 1.16. The van der Waals surface area contributed by atoms with Crippen molar-refractivity contribution in [3.8, 4) is 5.75 Å². The summed E-state index contributed by atoms with van der Waals surface area (Å²) in [5.41, 5.74) is 1.42. The van der Waals surface area contributed by atoms with Crippen molar-refractivity contribution in [2.24, 2.45) is 5.92 Å². The summed E-state index contributed by atoms with van der Waals surface area (Å²) in [7, 11) is 0. The number of carbonyl (C=O) groups excluding carboxylic acids is 1. The fraction of sp³-hybridized carbons (Fsp3) is 0.545. The van der Waals surface area contributed by atoms with Crippen molar-refractivity contribution >= 4 is 28.5 Å². The van der Waals surface area contributed by atoms with Crippen LogP contribution in [0, 0.1) is 19.8 Å². The number of hydrogen-bond donors (Lipinski definition) is 0. The molecule has 7 heteroatoms. The molecule has 1 saturated carbocycles. The van der Waals surface area contributed by atoms with E-state index in [1.807, 2.05) is 11.8 Å². The van der Waals surface area contributed by atoms with Crippen LogP contribution in [0.15, 0.2) is 21.3 Å². The fourth-order valence-corrected chi connectivity index (χ4v) is 4.06. The van der Waals surface area contributed by atoms with Crippen LogP contribution in [0.4, 0.5) is 0 Å². The van der Waals surface area contributed by atoms with Crippen LogP contribution in [-0.4, -0.2) is 54.5 Å². The van der Waals surface area contributed by atoms with E-state index in [4.69, 9.17) is 20.8 Å². The summed E-state index contributed by atoms with van der Waals surface area (Å²) < 4.78 is 11.3. The van der Waals surface area contributed by atoms with Crippen molar-refractivity contribution in [2.75, 3.05) is 32.7 Å². The van der Waals surface area contributed by atoms with Crippen LogP contribution < -0.4 is 10.4 Å². The Morgan fingerprint density at radius 3 is 2.55 bits per heavy atom. The summed E-state index contributed by atoms with van der Waals surface area (Å²) in [6.07, 6.45) is 2.02. The molecule has 2 aliphatic rings. The Bertz CT molecular complexity index is 990. The first kappa shape index (κ1) is 20.2. The smallest absolute Gasteiger partial charge is 0.339 e. The van der Waals surface area contributed by atoms with E-state index in [0.717, 1.165) is 49.6 Å². The van der Waals surface area contributed by atoms with Gasteiger partial charge in [-0.2, -0.15) is 0 Å². The van der Waals surface area contributed by atoms with Crippen LogP contribution in [0.3, 0.4) is 0 Å². The maximum absolute atomic E-state index is 12.8. The number of amides is 1. The van der Waals surface area contributed by atoms with Gasteiger partial charge in [0.15, 0.2) is 6.10 Å². The lowest BCUT2D eigenvalue weighted by Crippen LogP contribution is -2.52. The second kappa shape index (κ2) is 8.00. The minimum Gasteiger partial charge on any atom is -0.479 e. The van der Waals surface area contributed by atoms with Crippen LogP contribution in [-0.2, 0) is 4.79 Å². The highest BCUT2D eigenvalue weighted by atomic mass is 35.5. The number of carbonyl (C=O) groups is 1. The number of piperazine rings is 1. The molecule has 2 aromatic rings. The molecule has 1 aromatic carbocycles. The topological polar surface area (TPSA) is 63.0 Å². The predicted molar refractivity (Wildman–Crippen MR) is 113 cm³/mol. The zero-order valence-corrected chi connectivity index (χ0v) is 17.9. The van der Waals surface area contributed by atoms with Crippen molar-refractivity contribution < 1.29 is 13.9 Å². The summed E-state index contributed by atoms with van der Waals surface area (Å²) >= 11 is 6.40. The summed E-state index contributed by atoms with van der Waals surface area (Å²) in [4.78, 5) is 29.1. The van der Waals surface area contributed by atoms with E-state index in [9.17, 15) is 9.59 Å². The van der Waals surface area contributed by atoms with Crippen LogP contribution in [0.25, 0.3) is 11.0 Å². The highest BCUT2D eigenvalue weighted by molar-refractivity contribution is 6.32. The predicted octanol–water partition coefficient (Wildman–Crippen LogP) is 3.38. The summed E-state index contributed by atoms with van der Waals surface area (Å²) in [6.45, 7) is 9.74. The number of ether oxygens (including phenoxy) is 1. The molecule has 1 aromatic heterocycles.